The largest absolute Gasteiger partial charge is 0.368 e. The number of hydroxylamine groups is 1. The van der Waals surface area contributed by atoms with Crippen LogP contribution < -0.4 is 10.8 Å². The summed E-state index contributed by atoms with van der Waals surface area (Å²) in [6, 6.07) is 0. The summed E-state index contributed by atoms with van der Waals surface area (Å²) in [7, 11) is 0. The lowest BCUT2D eigenvalue weighted by Gasteiger charge is -1.92. The molecule has 4 nitrogen and oxygen atoms in total. The van der Waals surface area contributed by atoms with Crippen LogP contribution in [0, 0.1) is 0 Å². The van der Waals surface area contributed by atoms with Crippen LogP contribution in [0.15, 0.2) is 29.5 Å². The minimum absolute atomic E-state index is 0.458. The molecule has 2 rings (SSSR count). The highest BCUT2D eigenvalue weighted by Gasteiger charge is 1.81. The number of nitrogens with zero attached hydrogens (tertiary/aromatic N) is 1. The average Bonchev–Trinajstić information content (AvgIpc) is 2.64. The van der Waals surface area contributed by atoms with E-state index in [1.54, 1.807) is 0 Å². The molecule has 0 spiro atoms. The van der Waals surface area contributed by atoms with Crippen LogP contribution in [0.25, 0.3) is 0 Å². The Morgan fingerprint density at radius 3 is 2.27 bits per heavy atom. The maximum atomic E-state index is 4.47. The van der Waals surface area contributed by atoms with Crippen LogP contribution in [0.4, 0.5) is 0 Å². The first-order chi connectivity index (χ1) is 5.50. The Balaban J connectivity index is 0.000000112. The first kappa shape index (κ1) is 7.81. The number of rotatable bonds is 0. The highest BCUT2D eigenvalue weighted by molar-refractivity contribution is 5.53. The lowest BCUT2D eigenvalue weighted by Crippen LogP contribution is -2.01. The molecule has 0 saturated heterocycles. The van der Waals surface area contributed by atoms with Crippen molar-refractivity contribution in [1.82, 2.24) is 10.8 Å². The summed E-state index contributed by atoms with van der Waals surface area (Å²) in [6.45, 7) is 0.458. The third-order valence-corrected chi connectivity index (χ3v) is 1.07. The van der Waals surface area contributed by atoms with E-state index in [1.165, 1.54) is 6.34 Å². The summed E-state index contributed by atoms with van der Waals surface area (Å²) in [5, 5.41) is 2.92. The third-order valence-electron chi connectivity index (χ3n) is 1.07. The number of aliphatic imine (C=N–C) groups is 1. The van der Waals surface area contributed by atoms with Crippen LogP contribution in [-0.2, 0) is 4.84 Å². The van der Waals surface area contributed by atoms with Gasteiger partial charge in [-0.25, -0.2) is 4.99 Å². The smallest absolute Gasteiger partial charge is 0.166 e. The van der Waals surface area contributed by atoms with Gasteiger partial charge in [0, 0.05) is 0 Å². The Labute approximate surface area is 65.6 Å². The topological polar surface area (TPSA) is 45.7 Å². The van der Waals surface area contributed by atoms with Crippen molar-refractivity contribution in [3.8, 4) is 0 Å². The van der Waals surface area contributed by atoms with Crippen molar-refractivity contribution in [2.24, 2.45) is 4.99 Å². The van der Waals surface area contributed by atoms with Gasteiger partial charge in [-0.1, -0.05) is 12.2 Å². The molecule has 4 heteroatoms. The molecule has 0 aromatic rings. The Morgan fingerprint density at radius 1 is 1.27 bits per heavy atom. The molecular formula is C7H11N3O. The fourth-order valence-corrected chi connectivity index (χ4v) is 0.593. The van der Waals surface area contributed by atoms with Gasteiger partial charge in [-0.3, -0.25) is 10.3 Å². The van der Waals surface area contributed by atoms with Gasteiger partial charge in [-0.2, -0.15) is 0 Å². The fourth-order valence-electron chi connectivity index (χ4n) is 0.593. The predicted molar refractivity (Wildman–Crippen MR) is 43.6 cm³/mol. The molecule has 0 unspecified atom stereocenters. The van der Waals surface area contributed by atoms with Gasteiger partial charge in [-0.05, 0) is 18.8 Å². The monoisotopic (exact) mass is 153 g/mol. The van der Waals surface area contributed by atoms with E-state index >= 15 is 0 Å². The second-order valence-corrected chi connectivity index (χ2v) is 1.91. The molecule has 0 saturated carbocycles. The summed E-state index contributed by atoms with van der Waals surface area (Å²) in [6.07, 6.45) is 10.6. The highest BCUT2D eigenvalue weighted by atomic mass is 16.7. The van der Waals surface area contributed by atoms with Crippen molar-refractivity contribution in [3.63, 3.8) is 0 Å². The minimum atomic E-state index is 0.458. The lowest BCUT2D eigenvalue weighted by atomic mass is 10.4. The van der Waals surface area contributed by atoms with E-state index in [0.29, 0.717) is 6.73 Å². The standard InChI is InChI=1S/C5H7N.C2H4N2O/c1-2-4-6-5-3-1;1-3-2-5-4-1/h2-6H,1H2;1H,2H2,(H,3,4). The minimum Gasteiger partial charge on any atom is -0.368 e. The maximum absolute atomic E-state index is 4.47. The Morgan fingerprint density at radius 2 is 2.09 bits per heavy atom. The van der Waals surface area contributed by atoms with Gasteiger partial charge >= 0.3 is 0 Å². The molecule has 0 fully saturated rings. The molecule has 60 valence electrons. The molecule has 2 heterocycles. The third kappa shape index (κ3) is 4.16. The summed E-state index contributed by atoms with van der Waals surface area (Å²) in [5.41, 5.74) is 2.43. The van der Waals surface area contributed by atoms with Crippen molar-refractivity contribution in [2.45, 2.75) is 6.42 Å². The van der Waals surface area contributed by atoms with Crippen LogP contribution in [0.3, 0.4) is 0 Å². The van der Waals surface area contributed by atoms with Crippen LogP contribution in [-0.4, -0.2) is 13.1 Å². The van der Waals surface area contributed by atoms with Crippen LogP contribution in [0.2, 0.25) is 0 Å². The summed E-state index contributed by atoms with van der Waals surface area (Å²) < 4.78 is 0. The summed E-state index contributed by atoms with van der Waals surface area (Å²) >= 11 is 0. The van der Waals surface area contributed by atoms with E-state index < -0.39 is 0 Å². The molecule has 0 aromatic carbocycles. The molecule has 0 aliphatic carbocycles. The van der Waals surface area contributed by atoms with E-state index in [-0.39, 0.29) is 0 Å². The molecule has 0 radical (unpaired) electrons. The Bertz CT molecular complexity index is 149. The summed E-state index contributed by atoms with van der Waals surface area (Å²) in [4.78, 5) is 8.10. The Kier molecular flexibility index (Phi) is 3.90. The average molecular weight is 153 g/mol. The molecule has 2 aliphatic heterocycles. The van der Waals surface area contributed by atoms with Gasteiger partial charge in [0.25, 0.3) is 0 Å². The van der Waals surface area contributed by atoms with Crippen LogP contribution in [0.5, 0.6) is 0 Å². The van der Waals surface area contributed by atoms with Crippen molar-refractivity contribution in [2.75, 3.05) is 6.73 Å². The van der Waals surface area contributed by atoms with Crippen molar-refractivity contribution in [3.05, 3.63) is 24.6 Å². The van der Waals surface area contributed by atoms with Gasteiger partial charge in [-0.15, -0.1) is 0 Å². The van der Waals surface area contributed by atoms with Gasteiger partial charge in [0.2, 0.25) is 0 Å². The molecule has 0 bridgehead atoms. The quantitative estimate of drug-likeness (QED) is 0.533. The van der Waals surface area contributed by atoms with E-state index in [1.807, 2.05) is 12.4 Å². The van der Waals surface area contributed by atoms with E-state index in [2.05, 4.69) is 32.8 Å². The van der Waals surface area contributed by atoms with E-state index in [4.69, 9.17) is 0 Å². The normalized spacial score (nSPS) is 18.2. The fraction of sp³-hybridized carbons (Fsp3) is 0.286. The molecule has 0 aromatic heterocycles. The first-order valence-corrected chi connectivity index (χ1v) is 3.42. The van der Waals surface area contributed by atoms with Gasteiger partial charge in [0.1, 0.15) is 6.34 Å². The van der Waals surface area contributed by atoms with Gasteiger partial charge in [0.05, 0.1) is 0 Å². The SMILES string of the molecule is C1=CNC=CC1.C1=NCON1. The number of dihydropyridines is 1. The lowest BCUT2D eigenvalue weighted by molar-refractivity contribution is 0.117. The maximum Gasteiger partial charge on any atom is 0.166 e. The Hall–Kier alpha value is -1.29. The number of allylic oxidation sites excluding steroid dienone is 2. The molecule has 0 amide bonds. The van der Waals surface area contributed by atoms with Crippen LogP contribution in [0.1, 0.15) is 6.42 Å². The van der Waals surface area contributed by atoms with Gasteiger partial charge < -0.3 is 5.32 Å². The van der Waals surface area contributed by atoms with Crippen molar-refractivity contribution < 1.29 is 4.84 Å². The number of hydrogen-bond donors (Lipinski definition) is 2. The predicted octanol–water partition coefficient (Wildman–Crippen LogP) is 0.514. The summed E-state index contributed by atoms with van der Waals surface area (Å²) in [5.74, 6) is 0. The van der Waals surface area contributed by atoms with Gasteiger partial charge in [0.15, 0.2) is 6.73 Å². The molecule has 0 atom stereocenters. The molecule has 2 aliphatic rings. The first-order valence-electron chi connectivity index (χ1n) is 3.42. The second-order valence-electron chi connectivity index (χ2n) is 1.91. The van der Waals surface area contributed by atoms with E-state index in [9.17, 15) is 0 Å². The zero-order valence-corrected chi connectivity index (χ0v) is 6.16. The van der Waals surface area contributed by atoms with Crippen molar-refractivity contribution in [1.29, 1.82) is 0 Å². The highest BCUT2D eigenvalue weighted by Crippen LogP contribution is 1.86. The molecule has 2 N–H and O–H groups in total. The number of nitrogens with one attached hydrogen (secondary N) is 2. The zero-order chi connectivity index (χ0) is 7.78. The molecular weight excluding hydrogens is 142 g/mol. The molecule has 11 heavy (non-hydrogen) atoms. The van der Waals surface area contributed by atoms with Crippen molar-refractivity contribution >= 4 is 6.34 Å². The number of hydrogen-bond acceptors (Lipinski definition) is 4. The van der Waals surface area contributed by atoms with E-state index in [0.717, 1.165) is 6.42 Å². The second kappa shape index (κ2) is 5.49. The zero-order valence-electron chi connectivity index (χ0n) is 6.16. The van der Waals surface area contributed by atoms with Crippen LogP contribution >= 0.6 is 0 Å².